The van der Waals surface area contributed by atoms with Gasteiger partial charge < -0.3 is 10.5 Å². The second-order valence-corrected chi connectivity index (χ2v) is 9.28. The van der Waals surface area contributed by atoms with Gasteiger partial charge in [-0.3, -0.25) is 4.90 Å². The maximum absolute atomic E-state index is 13.3. The highest BCUT2D eigenvalue weighted by molar-refractivity contribution is 7.92. The number of halogens is 1. The molecule has 2 N–H and O–H groups in total. The Bertz CT molecular complexity index is 1190. The molecule has 9 heteroatoms. The van der Waals surface area contributed by atoms with E-state index in [1.165, 1.54) is 12.1 Å². The highest BCUT2D eigenvalue weighted by atomic mass is 35.5. The number of esters is 1. The van der Waals surface area contributed by atoms with Gasteiger partial charge in [0.15, 0.2) is 0 Å². The number of benzene rings is 2. The minimum Gasteiger partial charge on any atom is -0.462 e. The molecule has 28 heavy (non-hydrogen) atoms. The zero-order chi connectivity index (χ0) is 20.1. The van der Waals surface area contributed by atoms with Crippen LogP contribution in [0.15, 0.2) is 58.3 Å². The number of thiophene rings is 1. The number of ether oxygens (including phenoxy) is 1. The van der Waals surface area contributed by atoms with Crippen LogP contribution in [0.1, 0.15) is 16.6 Å². The molecule has 0 spiro atoms. The fraction of sp³-hybridized carbons (Fsp3) is 0.105. The van der Waals surface area contributed by atoms with Crippen molar-refractivity contribution in [2.75, 3.05) is 17.2 Å². The lowest BCUT2D eigenvalue weighted by atomic mass is 10.2. The Morgan fingerprint density at radius 1 is 1.21 bits per heavy atom. The van der Waals surface area contributed by atoms with Gasteiger partial charge in [-0.2, -0.15) is 0 Å². The summed E-state index contributed by atoms with van der Waals surface area (Å²) in [6.45, 7) is 1.83. The monoisotopic (exact) mass is 434 g/mol. The van der Waals surface area contributed by atoms with Gasteiger partial charge in [-0.15, -0.1) is 11.3 Å². The third-order valence-corrected chi connectivity index (χ3v) is 7.69. The fourth-order valence-electron chi connectivity index (χ4n) is 3.12. The van der Waals surface area contributed by atoms with Crippen LogP contribution >= 0.6 is 22.9 Å². The molecule has 0 bridgehead atoms. The maximum atomic E-state index is 13.3. The molecule has 6 nitrogen and oxygen atoms in total. The van der Waals surface area contributed by atoms with Gasteiger partial charge in [0.2, 0.25) is 9.84 Å². The molecule has 2 aromatic carbocycles. The van der Waals surface area contributed by atoms with E-state index in [-0.39, 0.29) is 27.0 Å². The molecule has 144 valence electrons. The number of nitrogens with two attached hydrogens (primary N) is 1. The van der Waals surface area contributed by atoms with Gasteiger partial charge in [0.25, 0.3) is 0 Å². The molecule has 0 unspecified atom stereocenters. The van der Waals surface area contributed by atoms with Gasteiger partial charge in [0.1, 0.15) is 14.8 Å². The SMILES string of the molecule is CCOC(=O)c1sc2c(c1N)S(=O)(=O)c1ccc(Cl)cc1N2c1ccccc1. The van der Waals surface area contributed by atoms with Crippen LogP contribution in [0.3, 0.4) is 0 Å². The molecule has 1 aliphatic rings. The number of hydrogen-bond acceptors (Lipinski definition) is 7. The first-order valence-electron chi connectivity index (χ1n) is 8.35. The van der Waals surface area contributed by atoms with Crippen molar-refractivity contribution in [1.29, 1.82) is 0 Å². The zero-order valence-corrected chi connectivity index (χ0v) is 17.1. The van der Waals surface area contributed by atoms with E-state index in [2.05, 4.69) is 0 Å². The van der Waals surface area contributed by atoms with Crippen molar-refractivity contribution in [2.24, 2.45) is 0 Å². The molecule has 0 saturated carbocycles. The normalized spacial score (nSPS) is 14.3. The van der Waals surface area contributed by atoms with Gasteiger partial charge in [0.05, 0.1) is 22.9 Å². The van der Waals surface area contributed by atoms with Crippen LogP contribution in [0.2, 0.25) is 5.02 Å². The van der Waals surface area contributed by atoms with E-state index in [0.717, 1.165) is 17.0 Å². The van der Waals surface area contributed by atoms with E-state index in [4.69, 9.17) is 22.1 Å². The van der Waals surface area contributed by atoms with Crippen molar-refractivity contribution in [3.8, 4) is 0 Å². The second kappa shape index (κ2) is 6.80. The number of nitrogens with zero attached hydrogens (tertiary/aromatic N) is 1. The molecular formula is C19H15ClN2O4S2. The average molecular weight is 435 g/mol. The predicted octanol–water partition coefficient (Wildman–Crippen LogP) is 4.78. The number of rotatable bonds is 3. The van der Waals surface area contributed by atoms with Gasteiger partial charge in [-0.25, -0.2) is 13.2 Å². The number of nitrogen functional groups attached to an aromatic ring is 1. The van der Waals surface area contributed by atoms with E-state index in [1.54, 1.807) is 17.9 Å². The van der Waals surface area contributed by atoms with Crippen molar-refractivity contribution < 1.29 is 17.9 Å². The van der Waals surface area contributed by atoms with E-state index < -0.39 is 15.8 Å². The van der Waals surface area contributed by atoms with Gasteiger partial charge in [-0.05, 0) is 37.3 Å². The van der Waals surface area contributed by atoms with Crippen molar-refractivity contribution in [2.45, 2.75) is 16.7 Å². The summed E-state index contributed by atoms with van der Waals surface area (Å²) >= 11 is 7.15. The number of hydrogen-bond donors (Lipinski definition) is 1. The lowest BCUT2D eigenvalue weighted by molar-refractivity contribution is 0.0533. The molecule has 1 aromatic heterocycles. The first kappa shape index (κ1) is 18.8. The minimum atomic E-state index is -3.94. The van der Waals surface area contributed by atoms with Crippen molar-refractivity contribution in [3.63, 3.8) is 0 Å². The fourth-order valence-corrected chi connectivity index (χ4v) is 6.45. The Balaban J connectivity index is 2.06. The van der Waals surface area contributed by atoms with E-state index >= 15 is 0 Å². The molecule has 3 aromatic rings. The molecule has 4 rings (SSSR count). The largest absolute Gasteiger partial charge is 0.462 e. The minimum absolute atomic E-state index is 0.0651. The molecular weight excluding hydrogens is 420 g/mol. The zero-order valence-electron chi connectivity index (χ0n) is 14.7. The number of fused-ring (bicyclic) bond motifs is 2. The Morgan fingerprint density at radius 2 is 1.93 bits per heavy atom. The third kappa shape index (κ3) is 2.76. The molecule has 0 amide bonds. The molecule has 0 atom stereocenters. The lowest BCUT2D eigenvalue weighted by Crippen LogP contribution is -2.21. The quantitative estimate of drug-likeness (QED) is 0.467. The molecule has 0 saturated heterocycles. The van der Waals surface area contributed by atoms with E-state index in [0.29, 0.717) is 15.7 Å². The van der Waals surface area contributed by atoms with Crippen molar-refractivity contribution >= 4 is 60.8 Å². The second-order valence-electron chi connectivity index (χ2n) is 5.99. The average Bonchev–Trinajstić information content (AvgIpc) is 3.01. The highest BCUT2D eigenvalue weighted by Gasteiger charge is 2.41. The predicted molar refractivity (Wildman–Crippen MR) is 110 cm³/mol. The Labute approximate surface area is 171 Å². The topological polar surface area (TPSA) is 89.7 Å². The van der Waals surface area contributed by atoms with Crippen LogP contribution in [-0.2, 0) is 14.6 Å². The summed E-state index contributed by atoms with van der Waals surface area (Å²) in [5.41, 5.74) is 7.17. The van der Waals surface area contributed by atoms with Gasteiger partial charge in [-0.1, -0.05) is 29.8 Å². The maximum Gasteiger partial charge on any atom is 0.350 e. The number of carbonyl (C=O) groups excluding carboxylic acids is 1. The summed E-state index contributed by atoms with van der Waals surface area (Å²) < 4.78 is 31.7. The molecule has 0 fully saturated rings. The van der Waals surface area contributed by atoms with E-state index in [9.17, 15) is 13.2 Å². The van der Waals surface area contributed by atoms with Crippen LogP contribution in [0.5, 0.6) is 0 Å². The Morgan fingerprint density at radius 3 is 2.61 bits per heavy atom. The highest BCUT2D eigenvalue weighted by Crippen LogP contribution is 2.55. The van der Waals surface area contributed by atoms with Crippen LogP contribution in [0, 0.1) is 0 Å². The summed E-state index contributed by atoms with van der Waals surface area (Å²) in [6.07, 6.45) is 0. The number of para-hydroxylation sites is 1. The summed E-state index contributed by atoms with van der Waals surface area (Å²) in [4.78, 5) is 14.1. The number of anilines is 4. The van der Waals surface area contributed by atoms with Crippen LogP contribution in [0.4, 0.5) is 22.1 Å². The first-order chi connectivity index (χ1) is 13.4. The van der Waals surface area contributed by atoms with E-state index in [1.807, 2.05) is 30.3 Å². The van der Waals surface area contributed by atoms with Crippen LogP contribution in [-0.4, -0.2) is 21.0 Å². The summed E-state index contributed by atoms with van der Waals surface area (Å²) in [5, 5.41) is 0.731. The summed E-state index contributed by atoms with van der Waals surface area (Å²) in [6, 6.07) is 13.8. The molecule has 0 aliphatic carbocycles. The van der Waals surface area contributed by atoms with Crippen LogP contribution < -0.4 is 10.6 Å². The lowest BCUT2D eigenvalue weighted by Gasteiger charge is -2.30. The summed E-state index contributed by atoms with van der Waals surface area (Å²) in [7, 11) is -3.94. The molecule has 0 radical (unpaired) electrons. The van der Waals surface area contributed by atoms with Crippen LogP contribution in [0.25, 0.3) is 0 Å². The standard InChI is InChI=1S/C19H15ClN2O4S2/c1-2-26-19(23)16-15(21)17-18(27-16)22(12-6-4-3-5-7-12)13-10-11(20)8-9-14(13)28(17,24)25/h3-10H,2,21H2,1H3. The molecule has 1 aliphatic heterocycles. The smallest absolute Gasteiger partial charge is 0.350 e. The first-order valence-corrected chi connectivity index (χ1v) is 11.0. The van der Waals surface area contributed by atoms with Crippen molar-refractivity contribution in [1.82, 2.24) is 0 Å². The van der Waals surface area contributed by atoms with Crippen molar-refractivity contribution in [3.05, 3.63) is 58.4 Å². The summed E-state index contributed by atoms with van der Waals surface area (Å²) in [5.74, 6) is -0.648. The van der Waals surface area contributed by atoms with Gasteiger partial charge >= 0.3 is 5.97 Å². The Hall–Kier alpha value is -2.55. The third-order valence-electron chi connectivity index (χ3n) is 4.28. The number of carbonyl (C=O) groups is 1. The Kier molecular flexibility index (Phi) is 4.57. The number of sulfone groups is 1. The molecule has 2 heterocycles. The van der Waals surface area contributed by atoms with Gasteiger partial charge in [0, 0.05) is 10.7 Å².